The first-order valence-corrected chi connectivity index (χ1v) is 10.2. The Kier molecular flexibility index (Phi) is 5.78. The van der Waals surface area contributed by atoms with E-state index in [-0.39, 0.29) is 12.4 Å². The van der Waals surface area contributed by atoms with Crippen LogP contribution in [0.3, 0.4) is 0 Å². The van der Waals surface area contributed by atoms with Gasteiger partial charge in [0.1, 0.15) is 18.2 Å². The smallest absolute Gasteiger partial charge is 0.191 e. The minimum atomic E-state index is -0.662. The van der Waals surface area contributed by atoms with Crippen LogP contribution in [0.5, 0.6) is 5.75 Å². The molecule has 4 rings (SSSR count). The highest BCUT2D eigenvalue weighted by molar-refractivity contribution is 7.99. The molecule has 5 nitrogen and oxygen atoms in total. The van der Waals surface area contributed by atoms with Gasteiger partial charge in [-0.3, -0.25) is 0 Å². The lowest BCUT2D eigenvalue weighted by Gasteiger charge is -2.13. The molecule has 0 unspecified atom stereocenters. The van der Waals surface area contributed by atoms with E-state index < -0.39 is 6.10 Å². The van der Waals surface area contributed by atoms with Gasteiger partial charge in [-0.1, -0.05) is 48.2 Å². The molecule has 0 saturated carbocycles. The molecular weight excluding hydrogens is 389 g/mol. The number of thioether (sulfide) groups is 1. The van der Waals surface area contributed by atoms with E-state index in [1.165, 1.54) is 23.9 Å². The fourth-order valence-electron chi connectivity index (χ4n) is 3.02. The van der Waals surface area contributed by atoms with Crippen molar-refractivity contribution in [3.05, 3.63) is 72.5 Å². The fourth-order valence-corrected chi connectivity index (χ4v) is 3.83. The van der Waals surface area contributed by atoms with E-state index >= 15 is 0 Å². The first kappa shape index (κ1) is 19.4. The van der Waals surface area contributed by atoms with Gasteiger partial charge in [0.15, 0.2) is 11.0 Å². The summed E-state index contributed by atoms with van der Waals surface area (Å²) in [5, 5.41) is 21.5. The van der Waals surface area contributed by atoms with E-state index in [1.807, 2.05) is 54.1 Å². The Morgan fingerprint density at radius 3 is 2.62 bits per heavy atom. The van der Waals surface area contributed by atoms with Crippen molar-refractivity contribution in [3.63, 3.8) is 0 Å². The van der Waals surface area contributed by atoms with Gasteiger partial charge in [0.25, 0.3) is 0 Å². The van der Waals surface area contributed by atoms with Gasteiger partial charge < -0.3 is 14.4 Å². The maximum Gasteiger partial charge on any atom is 0.191 e. The van der Waals surface area contributed by atoms with E-state index in [9.17, 15) is 9.50 Å². The molecule has 1 heterocycles. The summed E-state index contributed by atoms with van der Waals surface area (Å²) in [5.74, 6) is 1.53. The Bertz CT molecular complexity index is 1110. The molecule has 0 aliphatic rings. The van der Waals surface area contributed by atoms with Crippen molar-refractivity contribution in [1.82, 2.24) is 14.8 Å². The van der Waals surface area contributed by atoms with Crippen LogP contribution in [0.15, 0.2) is 71.9 Å². The lowest BCUT2D eigenvalue weighted by atomic mass is 10.1. The molecule has 3 aromatic carbocycles. The lowest BCUT2D eigenvalue weighted by Crippen LogP contribution is -2.20. The summed E-state index contributed by atoms with van der Waals surface area (Å²) >= 11 is 1.40. The van der Waals surface area contributed by atoms with Gasteiger partial charge in [0, 0.05) is 23.8 Å². The van der Waals surface area contributed by atoms with Crippen LogP contribution >= 0.6 is 11.8 Å². The number of hydrogen-bond donors (Lipinski definition) is 1. The lowest BCUT2D eigenvalue weighted by molar-refractivity contribution is 0.127. The van der Waals surface area contributed by atoms with Gasteiger partial charge in [-0.15, -0.1) is 10.2 Å². The highest BCUT2D eigenvalue weighted by Gasteiger charge is 2.14. The molecule has 7 heteroatoms. The molecule has 1 aromatic heterocycles. The Morgan fingerprint density at radius 2 is 1.79 bits per heavy atom. The first-order valence-electron chi connectivity index (χ1n) is 9.18. The number of hydrogen-bond acceptors (Lipinski definition) is 5. The van der Waals surface area contributed by atoms with Crippen molar-refractivity contribution in [2.24, 2.45) is 7.05 Å². The fraction of sp³-hybridized carbons (Fsp3) is 0.182. The molecule has 0 saturated heterocycles. The number of benzene rings is 3. The summed E-state index contributed by atoms with van der Waals surface area (Å²) in [6.07, 6.45) is -0.662. The predicted octanol–water partition coefficient (Wildman–Crippen LogP) is 4.31. The summed E-state index contributed by atoms with van der Waals surface area (Å²) < 4.78 is 20.8. The maximum atomic E-state index is 13.1. The molecule has 0 spiro atoms. The summed E-state index contributed by atoms with van der Waals surface area (Å²) in [6.45, 7) is 0.184. The van der Waals surface area contributed by atoms with Crippen molar-refractivity contribution in [2.75, 3.05) is 12.4 Å². The third-order valence-corrected chi connectivity index (χ3v) is 5.69. The Labute approximate surface area is 172 Å². The summed E-state index contributed by atoms with van der Waals surface area (Å²) in [7, 11) is 1.85. The van der Waals surface area contributed by atoms with Crippen molar-refractivity contribution in [2.45, 2.75) is 11.3 Å². The van der Waals surface area contributed by atoms with Crippen LogP contribution in [-0.2, 0) is 7.05 Å². The van der Waals surface area contributed by atoms with Crippen LogP contribution < -0.4 is 4.74 Å². The quantitative estimate of drug-likeness (QED) is 0.461. The minimum absolute atomic E-state index is 0.184. The molecule has 1 N–H and O–H groups in total. The van der Waals surface area contributed by atoms with Crippen molar-refractivity contribution < 1.29 is 14.2 Å². The van der Waals surface area contributed by atoms with E-state index in [0.29, 0.717) is 16.7 Å². The average Bonchev–Trinajstić information content (AvgIpc) is 3.11. The van der Waals surface area contributed by atoms with Gasteiger partial charge in [-0.05, 0) is 35.7 Å². The highest BCUT2D eigenvalue weighted by Crippen LogP contribution is 2.26. The summed E-state index contributed by atoms with van der Waals surface area (Å²) in [5.41, 5.74) is 0.785. The monoisotopic (exact) mass is 409 g/mol. The third-order valence-electron chi connectivity index (χ3n) is 4.52. The van der Waals surface area contributed by atoms with Crippen LogP contribution in [0.2, 0.25) is 0 Å². The predicted molar refractivity (Wildman–Crippen MR) is 113 cm³/mol. The number of aromatic nitrogens is 3. The highest BCUT2D eigenvalue weighted by atomic mass is 32.2. The van der Waals surface area contributed by atoms with E-state index in [4.69, 9.17) is 4.74 Å². The number of ether oxygens (including phenoxy) is 1. The Hall–Kier alpha value is -2.90. The molecule has 148 valence electrons. The largest absolute Gasteiger partial charge is 0.490 e. The van der Waals surface area contributed by atoms with Crippen molar-refractivity contribution >= 4 is 22.5 Å². The average molecular weight is 409 g/mol. The van der Waals surface area contributed by atoms with Gasteiger partial charge in [-0.25, -0.2) is 4.39 Å². The molecule has 1 atom stereocenters. The Balaban J connectivity index is 1.36. The zero-order valence-corrected chi connectivity index (χ0v) is 16.6. The number of aliphatic hydroxyl groups excluding tert-OH is 1. The van der Waals surface area contributed by atoms with Gasteiger partial charge in [0.2, 0.25) is 0 Å². The van der Waals surface area contributed by atoms with Gasteiger partial charge >= 0.3 is 0 Å². The van der Waals surface area contributed by atoms with Crippen LogP contribution in [0, 0.1) is 5.82 Å². The molecule has 29 heavy (non-hydrogen) atoms. The second-order valence-corrected chi connectivity index (χ2v) is 7.61. The summed E-state index contributed by atoms with van der Waals surface area (Å²) in [6, 6.07) is 20.0. The van der Waals surface area contributed by atoms with E-state index in [1.54, 1.807) is 12.1 Å². The number of nitrogens with zero attached hydrogens (tertiary/aromatic N) is 3. The molecule has 0 fully saturated rings. The topological polar surface area (TPSA) is 60.2 Å². The zero-order valence-electron chi connectivity index (χ0n) is 15.8. The zero-order chi connectivity index (χ0) is 20.2. The number of aliphatic hydroxyl groups is 1. The number of rotatable bonds is 7. The number of halogens is 1. The molecule has 4 aromatic rings. The van der Waals surface area contributed by atoms with Gasteiger partial charge in [0.05, 0.1) is 6.10 Å². The molecule has 0 aliphatic carbocycles. The second kappa shape index (κ2) is 8.63. The number of fused-ring (bicyclic) bond motifs is 1. The Morgan fingerprint density at radius 1 is 1.03 bits per heavy atom. The minimum Gasteiger partial charge on any atom is -0.490 e. The molecule has 0 radical (unpaired) electrons. The van der Waals surface area contributed by atoms with Crippen molar-refractivity contribution in [1.29, 1.82) is 0 Å². The first-order chi connectivity index (χ1) is 14.1. The van der Waals surface area contributed by atoms with E-state index in [2.05, 4.69) is 10.2 Å². The third kappa shape index (κ3) is 4.41. The molecular formula is C22H20FN3O2S. The maximum absolute atomic E-state index is 13.1. The van der Waals surface area contributed by atoms with Crippen LogP contribution in [0.4, 0.5) is 4.39 Å². The van der Waals surface area contributed by atoms with Crippen LogP contribution in [0.1, 0.15) is 0 Å². The second-order valence-electron chi connectivity index (χ2n) is 6.63. The standard InChI is InChI=1S/C22H20FN3O2S/c1-26-21(16-9-11-17(23)12-10-16)24-25-22(26)29-14-18(27)13-28-20-8-4-6-15-5-2-3-7-19(15)20/h2-12,18,27H,13-14H2,1H3/t18-/m0/s1. The normalized spacial score (nSPS) is 12.2. The van der Waals surface area contributed by atoms with Crippen LogP contribution in [-0.4, -0.2) is 38.3 Å². The summed E-state index contributed by atoms with van der Waals surface area (Å²) in [4.78, 5) is 0. The SMILES string of the molecule is Cn1c(SC[C@@H](O)COc2cccc3ccccc23)nnc1-c1ccc(F)cc1. The van der Waals surface area contributed by atoms with E-state index in [0.717, 1.165) is 22.1 Å². The van der Waals surface area contributed by atoms with Crippen molar-refractivity contribution in [3.8, 4) is 17.1 Å². The molecule has 0 amide bonds. The van der Waals surface area contributed by atoms with Gasteiger partial charge in [-0.2, -0.15) is 0 Å². The molecule has 0 aliphatic heterocycles. The van der Waals surface area contributed by atoms with Crippen LogP contribution in [0.25, 0.3) is 22.2 Å². The molecule has 0 bridgehead atoms.